The predicted octanol–water partition coefficient (Wildman–Crippen LogP) is 6.01. The minimum absolute atomic E-state index is 0.126. The van der Waals surface area contributed by atoms with Crippen LogP contribution in [0.1, 0.15) is 49.1 Å². The summed E-state index contributed by atoms with van der Waals surface area (Å²) in [6.45, 7) is 4.55. The van der Waals surface area contributed by atoms with Crippen LogP contribution in [0.3, 0.4) is 0 Å². The largest absolute Gasteiger partial charge is 0.117 e. The number of aryl methyl sites for hydroxylation is 1. The maximum absolute atomic E-state index is 6.94. The lowest BCUT2D eigenvalue weighted by molar-refractivity contribution is 0.322. The average Bonchev–Trinajstić information content (AvgIpc) is 2.86. The van der Waals surface area contributed by atoms with Gasteiger partial charge in [0.15, 0.2) is 0 Å². The van der Waals surface area contributed by atoms with Gasteiger partial charge in [-0.2, -0.15) is 0 Å². The molecule has 3 rings (SSSR count). The zero-order valence-electron chi connectivity index (χ0n) is 11.7. The highest BCUT2D eigenvalue weighted by molar-refractivity contribution is 6.22. The third-order valence-corrected chi connectivity index (χ3v) is 5.54. The van der Waals surface area contributed by atoms with Crippen molar-refractivity contribution in [2.24, 2.45) is 5.41 Å². The first-order chi connectivity index (χ1) is 9.12. The van der Waals surface area contributed by atoms with Crippen LogP contribution < -0.4 is 0 Å². The first-order valence-electron chi connectivity index (χ1n) is 7.24. The van der Waals surface area contributed by atoms with E-state index in [4.69, 9.17) is 11.6 Å². The van der Waals surface area contributed by atoms with Crippen molar-refractivity contribution >= 4 is 22.4 Å². The molecule has 0 amide bonds. The highest BCUT2D eigenvalue weighted by atomic mass is 35.5. The van der Waals surface area contributed by atoms with E-state index in [1.54, 1.807) is 0 Å². The van der Waals surface area contributed by atoms with Gasteiger partial charge in [-0.15, -0.1) is 11.6 Å². The van der Waals surface area contributed by atoms with Crippen molar-refractivity contribution in [2.45, 2.75) is 44.9 Å². The topological polar surface area (TPSA) is 0 Å². The fraction of sp³-hybridized carbons (Fsp3) is 0.444. The van der Waals surface area contributed by atoms with Crippen LogP contribution in [0.4, 0.5) is 0 Å². The van der Waals surface area contributed by atoms with Crippen LogP contribution in [-0.4, -0.2) is 0 Å². The Bertz CT molecular complexity index is 594. The van der Waals surface area contributed by atoms with Gasteiger partial charge in [0.1, 0.15) is 0 Å². The molecule has 1 fully saturated rings. The summed E-state index contributed by atoms with van der Waals surface area (Å²) in [6, 6.07) is 13.0. The van der Waals surface area contributed by atoms with Crippen molar-refractivity contribution in [1.82, 2.24) is 0 Å². The molecule has 2 aromatic carbocycles. The van der Waals surface area contributed by atoms with Crippen LogP contribution in [0.25, 0.3) is 10.8 Å². The third-order valence-electron chi connectivity index (χ3n) is 4.80. The Hall–Kier alpha value is -1.01. The van der Waals surface area contributed by atoms with E-state index in [1.165, 1.54) is 47.6 Å². The van der Waals surface area contributed by atoms with Crippen LogP contribution in [0.15, 0.2) is 36.4 Å². The summed E-state index contributed by atoms with van der Waals surface area (Å²) >= 11 is 6.94. The number of rotatable bonds is 2. The quantitative estimate of drug-likeness (QED) is 0.588. The van der Waals surface area contributed by atoms with Crippen LogP contribution >= 0.6 is 11.6 Å². The molecule has 1 saturated carbocycles. The highest BCUT2D eigenvalue weighted by Crippen LogP contribution is 2.52. The van der Waals surface area contributed by atoms with E-state index in [0.717, 1.165) is 0 Å². The fourth-order valence-electron chi connectivity index (χ4n) is 3.53. The predicted molar refractivity (Wildman–Crippen MR) is 83.9 cm³/mol. The molecule has 0 N–H and O–H groups in total. The zero-order valence-corrected chi connectivity index (χ0v) is 12.5. The second kappa shape index (κ2) is 4.83. The molecule has 1 atom stereocenters. The summed E-state index contributed by atoms with van der Waals surface area (Å²) in [7, 11) is 0. The molecule has 0 aromatic heterocycles. The molecule has 1 unspecified atom stereocenters. The normalized spacial score (nSPS) is 19.7. The minimum atomic E-state index is 0.126. The van der Waals surface area contributed by atoms with E-state index < -0.39 is 0 Å². The van der Waals surface area contributed by atoms with E-state index in [-0.39, 0.29) is 10.8 Å². The van der Waals surface area contributed by atoms with Gasteiger partial charge in [0.2, 0.25) is 0 Å². The van der Waals surface area contributed by atoms with Crippen LogP contribution in [-0.2, 0) is 0 Å². The molecule has 1 aliphatic rings. The van der Waals surface area contributed by atoms with Gasteiger partial charge in [0.05, 0.1) is 5.38 Å². The lowest BCUT2D eigenvalue weighted by Gasteiger charge is -2.31. The molecule has 0 nitrogen and oxygen atoms in total. The Morgan fingerprint density at radius 1 is 1.05 bits per heavy atom. The lowest BCUT2D eigenvalue weighted by Crippen LogP contribution is -2.19. The van der Waals surface area contributed by atoms with E-state index in [9.17, 15) is 0 Å². The van der Waals surface area contributed by atoms with Gasteiger partial charge in [-0.05, 0) is 47.1 Å². The highest BCUT2D eigenvalue weighted by Gasteiger charge is 2.37. The molecular weight excluding hydrogens is 252 g/mol. The SMILES string of the molecule is Cc1ccc2ccccc2c1C(Cl)C1(C)CCCC1. The number of halogens is 1. The molecule has 19 heavy (non-hydrogen) atoms. The second-order valence-corrected chi connectivity index (χ2v) is 6.68. The molecule has 0 heterocycles. The zero-order chi connectivity index (χ0) is 13.5. The Morgan fingerprint density at radius 2 is 1.74 bits per heavy atom. The molecule has 0 bridgehead atoms. The van der Waals surface area contributed by atoms with Crippen molar-refractivity contribution in [3.8, 4) is 0 Å². The minimum Gasteiger partial charge on any atom is -0.117 e. The molecule has 0 spiro atoms. The lowest BCUT2D eigenvalue weighted by atomic mass is 9.79. The number of hydrogen-bond acceptors (Lipinski definition) is 0. The summed E-state index contributed by atoms with van der Waals surface area (Å²) < 4.78 is 0. The fourth-order valence-corrected chi connectivity index (χ4v) is 4.03. The Balaban J connectivity index is 2.16. The number of alkyl halides is 1. The summed E-state index contributed by atoms with van der Waals surface area (Å²) in [6.07, 6.45) is 5.15. The monoisotopic (exact) mass is 272 g/mol. The van der Waals surface area contributed by atoms with Crippen molar-refractivity contribution < 1.29 is 0 Å². The van der Waals surface area contributed by atoms with Crippen LogP contribution in [0.5, 0.6) is 0 Å². The van der Waals surface area contributed by atoms with Crippen molar-refractivity contribution in [3.63, 3.8) is 0 Å². The summed E-state index contributed by atoms with van der Waals surface area (Å²) in [5.74, 6) is 0. The molecule has 0 aliphatic heterocycles. The third kappa shape index (κ3) is 2.17. The molecule has 1 aliphatic carbocycles. The molecule has 100 valence electrons. The van der Waals surface area contributed by atoms with Gasteiger partial charge in [-0.3, -0.25) is 0 Å². The average molecular weight is 273 g/mol. The summed E-state index contributed by atoms with van der Waals surface area (Å²) in [4.78, 5) is 0. The maximum Gasteiger partial charge on any atom is 0.0647 e. The maximum atomic E-state index is 6.94. The van der Waals surface area contributed by atoms with E-state index >= 15 is 0 Å². The number of hydrogen-bond donors (Lipinski definition) is 0. The molecule has 0 saturated heterocycles. The van der Waals surface area contributed by atoms with Crippen LogP contribution in [0.2, 0.25) is 0 Å². The van der Waals surface area contributed by atoms with E-state index in [0.29, 0.717) is 0 Å². The van der Waals surface area contributed by atoms with Crippen molar-refractivity contribution in [2.75, 3.05) is 0 Å². The summed E-state index contributed by atoms with van der Waals surface area (Å²) in [5, 5.41) is 2.76. The van der Waals surface area contributed by atoms with Gasteiger partial charge >= 0.3 is 0 Å². The smallest absolute Gasteiger partial charge is 0.0647 e. The number of fused-ring (bicyclic) bond motifs is 1. The second-order valence-electron chi connectivity index (χ2n) is 6.24. The van der Waals surface area contributed by atoms with Gasteiger partial charge < -0.3 is 0 Å². The Labute approximate surface area is 120 Å². The molecule has 2 aromatic rings. The number of benzene rings is 2. The summed E-state index contributed by atoms with van der Waals surface area (Å²) in [5.41, 5.74) is 2.94. The molecule has 1 heteroatoms. The van der Waals surface area contributed by atoms with Gasteiger partial charge in [0.25, 0.3) is 0 Å². The van der Waals surface area contributed by atoms with Gasteiger partial charge in [0, 0.05) is 0 Å². The Morgan fingerprint density at radius 3 is 2.47 bits per heavy atom. The molecular formula is C18H21Cl. The van der Waals surface area contributed by atoms with Crippen LogP contribution in [0, 0.1) is 12.3 Å². The first-order valence-corrected chi connectivity index (χ1v) is 7.68. The Kier molecular flexibility index (Phi) is 3.30. The van der Waals surface area contributed by atoms with E-state index in [1.807, 2.05) is 0 Å². The molecule has 0 radical (unpaired) electrons. The van der Waals surface area contributed by atoms with Gasteiger partial charge in [-0.1, -0.05) is 56.2 Å². The van der Waals surface area contributed by atoms with Gasteiger partial charge in [-0.25, -0.2) is 0 Å². The first kappa shape index (κ1) is 13.0. The van der Waals surface area contributed by atoms with Crippen molar-refractivity contribution in [1.29, 1.82) is 0 Å². The van der Waals surface area contributed by atoms with Crippen molar-refractivity contribution in [3.05, 3.63) is 47.5 Å². The van der Waals surface area contributed by atoms with E-state index in [2.05, 4.69) is 50.2 Å². The standard InChI is InChI=1S/C18H21Cl/c1-13-9-10-14-7-3-4-8-15(14)16(13)17(19)18(2)11-5-6-12-18/h3-4,7-10,17H,5-6,11-12H2,1-2H3.